The molecule has 5 heteroatoms. The van der Waals surface area contributed by atoms with E-state index in [0.29, 0.717) is 0 Å². The Kier molecular flexibility index (Phi) is 2.46. The number of nitrogens with two attached hydrogens (primary N) is 1. The fraction of sp³-hybridized carbons (Fsp3) is 1.00. The lowest BCUT2D eigenvalue weighted by Crippen LogP contribution is -2.60. The van der Waals surface area contributed by atoms with Crippen LogP contribution in [0.4, 0.5) is 0 Å². The molecule has 0 amide bonds. The fourth-order valence-electron chi connectivity index (χ4n) is 1.09. The van der Waals surface area contributed by atoms with Crippen LogP contribution in [0.15, 0.2) is 0 Å². The smallest absolute Gasteiger partial charge is 0.182 e. The summed E-state index contributed by atoms with van der Waals surface area (Å²) in [5.74, 6) is 0. The summed E-state index contributed by atoms with van der Waals surface area (Å²) >= 11 is 0. The predicted molar refractivity (Wildman–Crippen MR) is 36.5 cm³/mol. The van der Waals surface area contributed by atoms with Gasteiger partial charge in [0.15, 0.2) is 6.29 Å². The molecule has 0 spiro atoms. The largest absolute Gasteiger partial charge is 0.389 e. The SMILES string of the molecule is C[C@H]1O[C@@H](O)[C@@H](O)C(N)[C@@H]1O. The Balaban J connectivity index is 2.63. The molecule has 0 aromatic rings. The maximum atomic E-state index is 9.21. The molecule has 5 N–H and O–H groups in total. The van der Waals surface area contributed by atoms with Crippen LogP contribution in [0.3, 0.4) is 0 Å². The average molecular weight is 163 g/mol. The molecule has 1 heterocycles. The molecule has 5 atom stereocenters. The average Bonchev–Trinajstić information content (AvgIpc) is 1.97. The minimum atomic E-state index is -1.29. The molecule has 5 nitrogen and oxygen atoms in total. The van der Waals surface area contributed by atoms with Crippen LogP contribution in [0, 0.1) is 0 Å². The van der Waals surface area contributed by atoms with Gasteiger partial charge in [-0.1, -0.05) is 0 Å². The van der Waals surface area contributed by atoms with Crippen molar-refractivity contribution >= 4 is 0 Å². The number of aliphatic hydroxyl groups is 3. The van der Waals surface area contributed by atoms with Crippen LogP contribution in [0.5, 0.6) is 0 Å². The van der Waals surface area contributed by atoms with Crippen LogP contribution >= 0.6 is 0 Å². The normalized spacial score (nSPS) is 52.6. The van der Waals surface area contributed by atoms with Gasteiger partial charge in [0.25, 0.3) is 0 Å². The van der Waals surface area contributed by atoms with Gasteiger partial charge in [-0.2, -0.15) is 0 Å². The third-order valence-electron chi connectivity index (χ3n) is 1.92. The minimum Gasteiger partial charge on any atom is -0.389 e. The summed E-state index contributed by atoms with van der Waals surface area (Å²) in [5.41, 5.74) is 5.36. The van der Waals surface area contributed by atoms with Gasteiger partial charge >= 0.3 is 0 Å². The van der Waals surface area contributed by atoms with Crippen LogP contribution in [-0.4, -0.2) is 46.0 Å². The Morgan fingerprint density at radius 3 is 2.27 bits per heavy atom. The Morgan fingerprint density at radius 1 is 1.18 bits per heavy atom. The van der Waals surface area contributed by atoms with E-state index in [-0.39, 0.29) is 0 Å². The van der Waals surface area contributed by atoms with E-state index >= 15 is 0 Å². The van der Waals surface area contributed by atoms with Crippen molar-refractivity contribution in [2.75, 3.05) is 0 Å². The topological polar surface area (TPSA) is 95.9 Å². The van der Waals surface area contributed by atoms with E-state index in [2.05, 4.69) is 0 Å². The molecule has 1 unspecified atom stereocenters. The summed E-state index contributed by atoms with van der Waals surface area (Å²) in [4.78, 5) is 0. The Bertz CT molecular complexity index is 129. The van der Waals surface area contributed by atoms with E-state index in [1.54, 1.807) is 6.92 Å². The molecule has 1 fully saturated rings. The third-order valence-corrected chi connectivity index (χ3v) is 1.92. The van der Waals surface area contributed by atoms with Crippen LogP contribution in [0.1, 0.15) is 6.92 Å². The van der Waals surface area contributed by atoms with Crippen LogP contribution in [-0.2, 0) is 4.74 Å². The van der Waals surface area contributed by atoms with Gasteiger partial charge in [-0.05, 0) is 6.92 Å². The van der Waals surface area contributed by atoms with Crippen molar-refractivity contribution < 1.29 is 20.1 Å². The van der Waals surface area contributed by atoms with Gasteiger partial charge in [0.1, 0.15) is 6.10 Å². The highest BCUT2D eigenvalue weighted by Gasteiger charge is 2.39. The van der Waals surface area contributed by atoms with Crippen LogP contribution in [0.2, 0.25) is 0 Å². The van der Waals surface area contributed by atoms with Crippen molar-refractivity contribution in [1.29, 1.82) is 0 Å². The highest BCUT2D eigenvalue weighted by molar-refractivity contribution is 4.89. The molecule has 1 aliphatic heterocycles. The summed E-state index contributed by atoms with van der Waals surface area (Å²) in [5, 5.41) is 27.3. The lowest BCUT2D eigenvalue weighted by molar-refractivity contribution is -0.247. The first-order chi connectivity index (χ1) is 5.04. The number of aliphatic hydroxyl groups excluding tert-OH is 3. The molecule has 0 saturated carbocycles. The summed E-state index contributed by atoms with van der Waals surface area (Å²) in [7, 11) is 0. The standard InChI is InChI=1S/C6H13NO4/c1-2-4(8)3(7)5(9)6(10)11-2/h2-6,8-10H,7H2,1H3/t2-,3?,4-,5+,6-/m1/s1. The maximum Gasteiger partial charge on any atom is 0.182 e. The monoisotopic (exact) mass is 163 g/mol. The van der Waals surface area contributed by atoms with E-state index in [1.165, 1.54) is 0 Å². The predicted octanol–water partition coefficient (Wildman–Crippen LogP) is -2.23. The first kappa shape index (κ1) is 8.89. The summed E-state index contributed by atoms with van der Waals surface area (Å²) in [6, 6.07) is -0.839. The Hall–Kier alpha value is -0.200. The zero-order valence-electron chi connectivity index (χ0n) is 6.21. The number of ether oxygens (including phenoxy) is 1. The van der Waals surface area contributed by atoms with Gasteiger partial charge < -0.3 is 25.8 Å². The molecule has 0 bridgehead atoms. The van der Waals surface area contributed by atoms with E-state index in [1.807, 2.05) is 0 Å². The van der Waals surface area contributed by atoms with Gasteiger partial charge in [0, 0.05) is 0 Å². The Labute approximate surface area is 64.4 Å². The molecule has 1 saturated heterocycles. The highest BCUT2D eigenvalue weighted by Crippen LogP contribution is 2.17. The number of hydrogen-bond donors (Lipinski definition) is 4. The van der Waals surface area contributed by atoms with Crippen LogP contribution in [0.25, 0.3) is 0 Å². The summed E-state index contributed by atoms with van der Waals surface area (Å²) < 4.78 is 4.76. The van der Waals surface area contributed by atoms with Crippen LogP contribution < -0.4 is 5.73 Å². The van der Waals surface area contributed by atoms with Crippen molar-refractivity contribution in [3.8, 4) is 0 Å². The second-order valence-electron chi connectivity index (χ2n) is 2.79. The minimum absolute atomic E-state index is 0.539. The molecule has 0 aromatic carbocycles. The summed E-state index contributed by atoms with van der Waals surface area (Å²) in [6.07, 6.45) is -3.96. The van der Waals surface area contributed by atoms with Gasteiger partial charge in [-0.15, -0.1) is 0 Å². The van der Waals surface area contributed by atoms with Crippen molar-refractivity contribution in [2.24, 2.45) is 5.73 Å². The second kappa shape index (κ2) is 3.04. The molecule has 11 heavy (non-hydrogen) atoms. The van der Waals surface area contributed by atoms with E-state index in [9.17, 15) is 5.11 Å². The van der Waals surface area contributed by atoms with E-state index in [4.69, 9.17) is 20.7 Å². The first-order valence-electron chi connectivity index (χ1n) is 3.49. The van der Waals surface area contributed by atoms with Gasteiger partial charge in [0.05, 0.1) is 18.2 Å². The van der Waals surface area contributed by atoms with E-state index < -0.39 is 30.6 Å². The fourth-order valence-corrected chi connectivity index (χ4v) is 1.09. The van der Waals surface area contributed by atoms with Crippen molar-refractivity contribution in [2.45, 2.75) is 37.6 Å². The first-order valence-corrected chi connectivity index (χ1v) is 3.49. The van der Waals surface area contributed by atoms with Crippen molar-refractivity contribution in [3.63, 3.8) is 0 Å². The molecule has 1 aliphatic rings. The molecule has 66 valence electrons. The highest BCUT2D eigenvalue weighted by atomic mass is 16.6. The second-order valence-corrected chi connectivity index (χ2v) is 2.79. The van der Waals surface area contributed by atoms with Crippen molar-refractivity contribution in [3.05, 3.63) is 0 Å². The van der Waals surface area contributed by atoms with Crippen molar-refractivity contribution in [1.82, 2.24) is 0 Å². The van der Waals surface area contributed by atoms with Gasteiger partial charge in [0.2, 0.25) is 0 Å². The third kappa shape index (κ3) is 1.52. The zero-order chi connectivity index (χ0) is 8.59. The maximum absolute atomic E-state index is 9.21. The van der Waals surface area contributed by atoms with Gasteiger partial charge in [-0.3, -0.25) is 0 Å². The number of hydrogen-bond acceptors (Lipinski definition) is 5. The van der Waals surface area contributed by atoms with Gasteiger partial charge in [-0.25, -0.2) is 0 Å². The molecule has 0 radical (unpaired) electrons. The molecule has 1 rings (SSSR count). The lowest BCUT2D eigenvalue weighted by Gasteiger charge is -2.37. The molecular formula is C6H13NO4. The molecule has 0 aromatic heterocycles. The van der Waals surface area contributed by atoms with E-state index in [0.717, 1.165) is 0 Å². The zero-order valence-corrected chi connectivity index (χ0v) is 6.21. The quantitative estimate of drug-likeness (QED) is 0.324. The Morgan fingerprint density at radius 2 is 1.73 bits per heavy atom. The summed E-state index contributed by atoms with van der Waals surface area (Å²) in [6.45, 7) is 1.58. The molecular weight excluding hydrogens is 150 g/mol. The number of rotatable bonds is 0. The lowest BCUT2D eigenvalue weighted by atomic mass is 9.98. The molecule has 0 aliphatic carbocycles.